The lowest BCUT2D eigenvalue weighted by atomic mass is 10.1. The van der Waals surface area contributed by atoms with Gasteiger partial charge in [0.05, 0.1) is 12.1 Å². The number of thiol groups is 1. The van der Waals surface area contributed by atoms with E-state index in [-0.39, 0.29) is 0 Å². The average Bonchev–Trinajstić information content (AvgIpc) is 2.63. The molecule has 0 unspecified atom stereocenters. The fourth-order valence-corrected chi connectivity index (χ4v) is 2.84. The summed E-state index contributed by atoms with van der Waals surface area (Å²) in [6, 6.07) is 10.4. The number of pyridine rings is 1. The molecule has 0 fully saturated rings. The quantitative estimate of drug-likeness (QED) is 0.245. The molecule has 2 aromatic rings. The molecule has 0 saturated carbocycles. The summed E-state index contributed by atoms with van der Waals surface area (Å²) in [5.41, 5.74) is 2.37. The SMILES string of the molecule is CCCc1cc(OCCCCCNCCS)nc2ccccc12.O=S(=O)(O)O. The number of fused-ring (bicyclic) bond motifs is 1. The van der Waals surface area contributed by atoms with Crippen molar-refractivity contribution in [2.24, 2.45) is 0 Å². The second-order valence-corrected chi connectivity index (χ2v) is 7.56. The number of benzene rings is 1. The van der Waals surface area contributed by atoms with Gasteiger partial charge in [0.25, 0.3) is 0 Å². The number of nitrogens with one attached hydrogen (secondary N) is 1. The Balaban J connectivity index is 0.000000696. The van der Waals surface area contributed by atoms with Crippen molar-refractivity contribution in [2.75, 3.05) is 25.4 Å². The highest BCUT2D eigenvalue weighted by molar-refractivity contribution is 7.80. The van der Waals surface area contributed by atoms with E-state index in [0.29, 0.717) is 0 Å². The van der Waals surface area contributed by atoms with Gasteiger partial charge in [0.2, 0.25) is 5.88 Å². The third kappa shape index (κ3) is 11.5. The van der Waals surface area contributed by atoms with Crippen LogP contribution in [0.1, 0.15) is 38.2 Å². The van der Waals surface area contributed by atoms with E-state index in [1.165, 1.54) is 23.8 Å². The maximum atomic E-state index is 8.74. The van der Waals surface area contributed by atoms with Crippen molar-refractivity contribution < 1.29 is 22.3 Å². The van der Waals surface area contributed by atoms with Crippen molar-refractivity contribution in [3.8, 4) is 5.88 Å². The second kappa shape index (κ2) is 13.7. The predicted molar refractivity (Wildman–Crippen MR) is 116 cm³/mol. The van der Waals surface area contributed by atoms with Crippen LogP contribution in [0.4, 0.5) is 0 Å². The van der Waals surface area contributed by atoms with Crippen LogP contribution in [0.2, 0.25) is 0 Å². The van der Waals surface area contributed by atoms with Gasteiger partial charge in [-0.3, -0.25) is 9.11 Å². The molecule has 28 heavy (non-hydrogen) atoms. The van der Waals surface area contributed by atoms with E-state index in [4.69, 9.17) is 22.3 Å². The first-order valence-electron chi connectivity index (χ1n) is 9.38. The normalized spacial score (nSPS) is 11.1. The maximum Gasteiger partial charge on any atom is 0.394 e. The first kappa shape index (κ1) is 24.6. The molecule has 0 bridgehead atoms. The van der Waals surface area contributed by atoms with Crippen LogP contribution in [0.5, 0.6) is 5.88 Å². The van der Waals surface area contributed by atoms with Crippen LogP contribution in [0.15, 0.2) is 30.3 Å². The molecule has 1 aromatic carbocycles. The average molecular weight is 431 g/mol. The van der Waals surface area contributed by atoms with Gasteiger partial charge in [0, 0.05) is 23.8 Å². The molecule has 0 aliphatic carbocycles. The predicted octanol–water partition coefficient (Wildman–Crippen LogP) is 3.60. The van der Waals surface area contributed by atoms with Gasteiger partial charge in [0.1, 0.15) is 0 Å². The summed E-state index contributed by atoms with van der Waals surface area (Å²) in [6.45, 7) is 5.00. The Hall–Kier alpha value is -1.39. The van der Waals surface area contributed by atoms with Gasteiger partial charge in [-0.25, -0.2) is 4.98 Å². The Morgan fingerprint density at radius 3 is 2.54 bits per heavy atom. The monoisotopic (exact) mass is 430 g/mol. The van der Waals surface area contributed by atoms with E-state index < -0.39 is 10.4 Å². The summed E-state index contributed by atoms with van der Waals surface area (Å²) in [6.07, 6.45) is 5.63. The number of rotatable bonds is 11. The van der Waals surface area contributed by atoms with Gasteiger partial charge < -0.3 is 10.1 Å². The number of aryl methyl sites for hydroxylation is 1. The molecule has 1 heterocycles. The van der Waals surface area contributed by atoms with Gasteiger partial charge in [-0.2, -0.15) is 21.0 Å². The van der Waals surface area contributed by atoms with E-state index in [1.807, 2.05) is 6.07 Å². The maximum absolute atomic E-state index is 8.74. The molecule has 0 aliphatic rings. The number of para-hydroxylation sites is 1. The fourth-order valence-electron chi connectivity index (χ4n) is 2.68. The lowest BCUT2D eigenvalue weighted by molar-refractivity contribution is 0.294. The summed E-state index contributed by atoms with van der Waals surface area (Å²) < 4.78 is 37.5. The van der Waals surface area contributed by atoms with Crippen LogP contribution in [-0.2, 0) is 16.8 Å². The van der Waals surface area contributed by atoms with Crippen molar-refractivity contribution in [3.63, 3.8) is 0 Å². The highest BCUT2D eigenvalue weighted by atomic mass is 32.3. The van der Waals surface area contributed by atoms with E-state index in [2.05, 4.69) is 54.1 Å². The number of nitrogens with zero attached hydrogens (tertiary/aromatic N) is 1. The van der Waals surface area contributed by atoms with Gasteiger partial charge in [-0.05, 0) is 43.9 Å². The Bertz CT molecular complexity index is 792. The molecule has 9 heteroatoms. The topological polar surface area (TPSA) is 109 Å². The molecule has 158 valence electrons. The van der Waals surface area contributed by atoms with Crippen LogP contribution in [0, 0.1) is 0 Å². The Labute approximate surface area is 172 Å². The van der Waals surface area contributed by atoms with Crippen molar-refractivity contribution in [3.05, 3.63) is 35.9 Å². The van der Waals surface area contributed by atoms with Crippen molar-refractivity contribution in [2.45, 2.75) is 39.0 Å². The molecule has 0 amide bonds. The molecular formula is C19H30N2O5S2. The van der Waals surface area contributed by atoms with Crippen molar-refractivity contribution in [1.29, 1.82) is 0 Å². The number of aromatic nitrogens is 1. The molecule has 0 aliphatic heterocycles. The highest BCUT2D eigenvalue weighted by Crippen LogP contribution is 2.23. The van der Waals surface area contributed by atoms with E-state index in [0.717, 1.165) is 56.1 Å². The number of unbranched alkanes of at least 4 members (excludes halogenated alkanes) is 2. The van der Waals surface area contributed by atoms with E-state index in [9.17, 15) is 0 Å². The van der Waals surface area contributed by atoms with Crippen LogP contribution in [-0.4, -0.2) is 48.0 Å². The minimum absolute atomic E-state index is 0.740. The zero-order valence-corrected chi connectivity index (χ0v) is 17.9. The van der Waals surface area contributed by atoms with Crippen LogP contribution < -0.4 is 10.1 Å². The van der Waals surface area contributed by atoms with Gasteiger partial charge >= 0.3 is 10.4 Å². The largest absolute Gasteiger partial charge is 0.478 e. The molecule has 0 atom stereocenters. The van der Waals surface area contributed by atoms with Crippen LogP contribution in [0.3, 0.4) is 0 Å². The van der Waals surface area contributed by atoms with Gasteiger partial charge in [-0.15, -0.1) is 0 Å². The molecule has 0 saturated heterocycles. The first-order valence-corrected chi connectivity index (χ1v) is 11.4. The molecule has 0 radical (unpaired) electrons. The van der Waals surface area contributed by atoms with Crippen LogP contribution in [0.25, 0.3) is 10.9 Å². The number of hydrogen-bond acceptors (Lipinski definition) is 6. The minimum atomic E-state index is -4.67. The number of ether oxygens (including phenoxy) is 1. The third-order valence-corrected chi connectivity index (χ3v) is 4.06. The molecule has 1 aromatic heterocycles. The fraction of sp³-hybridized carbons (Fsp3) is 0.526. The molecule has 0 spiro atoms. The zero-order valence-electron chi connectivity index (χ0n) is 16.2. The number of hydrogen-bond donors (Lipinski definition) is 4. The highest BCUT2D eigenvalue weighted by Gasteiger charge is 2.05. The minimum Gasteiger partial charge on any atom is -0.478 e. The smallest absolute Gasteiger partial charge is 0.394 e. The standard InChI is InChI=1S/C19H28N2OS.H2O4S/c1-2-8-16-15-19(21-18-10-5-4-9-17(16)18)22-13-7-3-6-11-20-12-14-23;1-5(2,3)4/h4-5,9-10,15,20,23H,2-3,6-8,11-14H2,1H3;(H2,1,2,3,4). The van der Waals surface area contributed by atoms with Crippen molar-refractivity contribution >= 4 is 33.9 Å². The third-order valence-electron chi connectivity index (χ3n) is 3.83. The first-order chi connectivity index (χ1) is 13.3. The summed E-state index contributed by atoms with van der Waals surface area (Å²) in [5, 5.41) is 4.60. The Morgan fingerprint density at radius 2 is 1.86 bits per heavy atom. The van der Waals surface area contributed by atoms with E-state index >= 15 is 0 Å². The molecule has 3 N–H and O–H groups in total. The van der Waals surface area contributed by atoms with Crippen LogP contribution >= 0.6 is 12.6 Å². The summed E-state index contributed by atoms with van der Waals surface area (Å²) in [4.78, 5) is 4.63. The van der Waals surface area contributed by atoms with E-state index in [1.54, 1.807) is 0 Å². The van der Waals surface area contributed by atoms with Crippen molar-refractivity contribution in [1.82, 2.24) is 10.3 Å². The zero-order chi connectivity index (χ0) is 20.8. The summed E-state index contributed by atoms with van der Waals surface area (Å²) in [5.74, 6) is 1.66. The molecule has 2 rings (SSSR count). The lowest BCUT2D eigenvalue weighted by Gasteiger charge is -2.10. The second-order valence-electron chi connectivity index (χ2n) is 6.22. The summed E-state index contributed by atoms with van der Waals surface area (Å²) >= 11 is 4.18. The Morgan fingerprint density at radius 1 is 1.14 bits per heavy atom. The molecule has 7 nitrogen and oxygen atoms in total. The van der Waals surface area contributed by atoms with Gasteiger partial charge in [0.15, 0.2) is 0 Å². The summed E-state index contributed by atoms with van der Waals surface area (Å²) in [7, 11) is -4.67. The lowest BCUT2D eigenvalue weighted by Crippen LogP contribution is -2.17. The van der Waals surface area contributed by atoms with Gasteiger partial charge in [-0.1, -0.05) is 31.5 Å². The Kier molecular flexibility index (Phi) is 12.1. The molecular weight excluding hydrogens is 400 g/mol.